The quantitative estimate of drug-likeness (QED) is 0.279. The van der Waals surface area contributed by atoms with Crippen LogP contribution in [0.5, 0.6) is 11.5 Å². The molecule has 0 aliphatic heterocycles. The summed E-state index contributed by atoms with van der Waals surface area (Å²) >= 11 is 0. The summed E-state index contributed by atoms with van der Waals surface area (Å²) in [6, 6.07) is 1.75. The van der Waals surface area contributed by atoms with E-state index in [1.165, 1.54) is 63.4 Å². The lowest BCUT2D eigenvalue weighted by Crippen LogP contribution is -2.03. The van der Waals surface area contributed by atoms with E-state index in [2.05, 4.69) is 34.6 Å². The summed E-state index contributed by atoms with van der Waals surface area (Å²) in [5, 5.41) is 19.7. The molecule has 0 aliphatic rings. The van der Waals surface area contributed by atoms with E-state index < -0.39 is 0 Å². The smallest absolute Gasteiger partial charge is 0.160 e. The minimum absolute atomic E-state index is 0.0174. The van der Waals surface area contributed by atoms with Gasteiger partial charge in [0.15, 0.2) is 11.5 Å². The fourth-order valence-electron chi connectivity index (χ4n) is 4.55. The lowest BCUT2D eigenvalue weighted by atomic mass is 9.89. The van der Waals surface area contributed by atoms with Gasteiger partial charge in [-0.15, -0.1) is 0 Å². The fraction of sp³-hybridized carbons (Fsp3) is 0.786. The SMILES string of the molecule is Cc1c(CCC(C)CCCC(C)CCCC(C)CCCC(C)C)cc(O)c(O)c1C. The van der Waals surface area contributed by atoms with Crippen LogP contribution in [0.4, 0.5) is 0 Å². The Morgan fingerprint density at radius 1 is 0.633 bits per heavy atom. The molecular weight excluding hydrogens is 368 g/mol. The second kappa shape index (κ2) is 14.0. The second-order valence-electron chi connectivity index (χ2n) is 10.7. The molecule has 1 rings (SSSR count). The maximum atomic E-state index is 9.89. The zero-order valence-electron chi connectivity index (χ0n) is 21.1. The van der Waals surface area contributed by atoms with Gasteiger partial charge in [-0.1, -0.05) is 92.4 Å². The number of aryl methyl sites for hydroxylation is 1. The third-order valence-corrected chi connectivity index (χ3v) is 7.13. The van der Waals surface area contributed by atoms with Crippen LogP contribution >= 0.6 is 0 Å². The molecule has 0 radical (unpaired) electrons. The van der Waals surface area contributed by atoms with Gasteiger partial charge in [-0.25, -0.2) is 0 Å². The molecule has 2 heteroatoms. The average Bonchev–Trinajstić information content (AvgIpc) is 2.67. The van der Waals surface area contributed by atoms with Gasteiger partial charge in [-0.05, 0) is 73.1 Å². The first kappa shape index (κ1) is 26.9. The number of rotatable bonds is 15. The number of benzene rings is 1. The topological polar surface area (TPSA) is 40.5 Å². The lowest BCUT2D eigenvalue weighted by molar-refractivity contribution is 0.374. The number of hydrogen-bond acceptors (Lipinski definition) is 2. The van der Waals surface area contributed by atoms with Crippen LogP contribution in [0, 0.1) is 37.5 Å². The molecule has 2 N–H and O–H groups in total. The Balaban J connectivity index is 2.18. The molecule has 30 heavy (non-hydrogen) atoms. The van der Waals surface area contributed by atoms with Gasteiger partial charge in [0.2, 0.25) is 0 Å². The first-order valence-electron chi connectivity index (χ1n) is 12.6. The van der Waals surface area contributed by atoms with Crippen molar-refractivity contribution in [3.05, 3.63) is 22.8 Å². The molecule has 3 unspecified atom stereocenters. The zero-order chi connectivity index (χ0) is 22.7. The van der Waals surface area contributed by atoms with E-state index in [1.54, 1.807) is 6.07 Å². The fourth-order valence-corrected chi connectivity index (χ4v) is 4.55. The molecule has 174 valence electrons. The molecule has 0 aliphatic carbocycles. The highest BCUT2D eigenvalue weighted by molar-refractivity contribution is 5.51. The van der Waals surface area contributed by atoms with Crippen LogP contribution in [-0.2, 0) is 6.42 Å². The predicted octanol–water partition coefficient (Wildman–Crippen LogP) is 8.72. The molecule has 0 aromatic heterocycles. The Labute approximate surface area is 187 Å². The highest BCUT2D eigenvalue weighted by Crippen LogP contribution is 2.34. The largest absolute Gasteiger partial charge is 0.504 e. The number of phenols is 2. The van der Waals surface area contributed by atoms with Crippen molar-refractivity contribution in [2.45, 2.75) is 119 Å². The first-order chi connectivity index (χ1) is 14.1. The average molecular weight is 419 g/mol. The highest BCUT2D eigenvalue weighted by atomic mass is 16.3. The van der Waals surface area contributed by atoms with Crippen molar-refractivity contribution in [1.82, 2.24) is 0 Å². The number of hydrogen-bond donors (Lipinski definition) is 2. The molecule has 0 heterocycles. The van der Waals surface area contributed by atoms with E-state index in [1.807, 2.05) is 13.8 Å². The van der Waals surface area contributed by atoms with Gasteiger partial charge in [-0.2, -0.15) is 0 Å². The zero-order valence-corrected chi connectivity index (χ0v) is 21.1. The minimum atomic E-state index is 0.0174. The second-order valence-corrected chi connectivity index (χ2v) is 10.7. The number of aromatic hydroxyl groups is 2. The Hall–Kier alpha value is -1.18. The van der Waals surface area contributed by atoms with Gasteiger partial charge >= 0.3 is 0 Å². The molecule has 1 aromatic rings. The molecule has 0 fully saturated rings. The van der Waals surface area contributed by atoms with Gasteiger partial charge in [-0.3, -0.25) is 0 Å². The predicted molar refractivity (Wildman–Crippen MR) is 131 cm³/mol. The Kier molecular flexibility index (Phi) is 12.5. The van der Waals surface area contributed by atoms with Gasteiger partial charge in [0.1, 0.15) is 0 Å². The Bertz CT molecular complexity index is 605. The van der Waals surface area contributed by atoms with Crippen molar-refractivity contribution in [1.29, 1.82) is 0 Å². The summed E-state index contributed by atoms with van der Waals surface area (Å²) < 4.78 is 0. The van der Waals surface area contributed by atoms with E-state index in [0.29, 0.717) is 5.92 Å². The standard InChI is InChI=1S/C28H50O2/c1-20(2)11-8-12-21(3)13-9-14-22(4)15-10-16-23(5)17-18-26-19-27(29)28(30)25(7)24(26)6/h19-23,29-30H,8-18H2,1-7H3. The van der Waals surface area contributed by atoms with Gasteiger partial charge in [0.05, 0.1) is 0 Å². The van der Waals surface area contributed by atoms with E-state index in [9.17, 15) is 10.2 Å². The Morgan fingerprint density at radius 3 is 1.53 bits per heavy atom. The van der Waals surface area contributed by atoms with Crippen molar-refractivity contribution in [3.63, 3.8) is 0 Å². The van der Waals surface area contributed by atoms with Crippen LogP contribution in [0.3, 0.4) is 0 Å². The van der Waals surface area contributed by atoms with Gasteiger partial charge in [0, 0.05) is 0 Å². The van der Waals surface area contributed by atoms with E-state index in [4.69, 9.17) is 0 Å². The van der Waals surface area contributed by atoms with E-state index in [0.717, 1.165) is 41.7 Å². The van der Waals surface area contributed by atoms with Crippen LogP contribution in [0.1, 0.15) is 116 Å². The molecule has 0 saturated carbocycles. The summed E-state index contributed by atoms with van der Waals surface area (Å²) in [5.74, 6) is 3.34. The van der Waals surface area contributed by atoms with Gasteiger partial charge in [0.25, 0.3) is 0 Å². The van der Waals surface area contributed by atoms with Crippen molar-refractivity contribution in [3.8, 4) is 11.5 Å². The van der Waals surface area contributed by atoms with E-state index >= 15 is 0 Å². The molecule has 0 spiro atoms. The maximum absolute atomic E-state index is 9.89. The lowest BCUT2D eigenvalue weighted by Gasteiger charge is -2.17. The molecule has 0 bridgehead atoms. The maximum Gasteiger partial charge on any atom is 0.160 e. The molecule has 0 saturated heterocycles. The highest BCUT2D eigenvalue weighted by Gasteiger charge is 2.13. The molecule has 2 nitrogen and oxygen atoms in total. The van der Waals surface area contributed by atoms with Crippen LogP contribution in [-0.4, -0.2) is 10.2 Å². The third-order valence-electron chi connectivity index (χ3n) is 7.13. The van der Waals surface area contributed by atoms with Crippen LogP contribution < -0.4 is 0 Å². The van der Waals surface area contributed by atoms with Gasteiger partial charge < -0.3 is 10.2 Å². The summed E-state index contributed by atoms with van der Waals surface area (Å²) in [4.78, 5) is 0. The molecule has 0 amide bonds. The summed E-state index contributed by atoms with van der Waals surface area (Å²) in [6.07, 6.45) is 14.4. The van der Waals surface area contributed by atoms with Crippen LogP contribution in [0.25, 0.3) is 0 Å². The monoisotopic (exact) mass is 418 g/mol. The minimum Gasteiger partial charge on any atom is -0.504 e. The molecule has 1 aromatic carbocycles. The normalized spacial score (nSPS) is 14.8. The molecular formula is C28H50O2. The third kappa shape index (κ3) is 10.2. The van der Waals surface area contributed by atoms with Crippen molar-refractivity contribution in [2.24, 2.45) is 23.7 Å². The summed E-state index contributed by atoms with van der Waals surface area (Å²) in [5.41, 5.74) is 3.09. The summed E-state index contributed by atoms with van der Waals surface area (Å²) in [7, 11) is 0. The van der Waals surface area contributed by atoms with Crippen molar-refractivity contribution >= 4 is 0 Å². The Morgan fingerprint density at radius 2 is 1.07 bits per heavy atom. The summed E-state index contributed by atoms with van der Waals surface area (Å²) in [6.45, 7) is 15.8. The van der Waals surface area contributed by atoms with Crippen molar-refractivity contribution in [2.75, 3.05) is 0 Å². The molecule has 3 atom stereocenters. The van der Waals surface area contributed by atoms with Crippen molar-refractivity contribution < 1.29 is 10.2 Å². The van der Waals surface area contributed by atoms with Crippen LogP contribution in [0.15, 0.2) is 6.07 Å². The number of phenolic OH excluding ortho intramolecular Hbond substituents is 2. The first-order valence-corrected chi connectivity index (χ1v) is 12.6. The van der Waals surface area contributed by atoms with Crippen LogP contribution in [0.2, 0.25) is 0 Å². The van der Waals surface area contributed by atoms with E-state index in [-0.39, 0.29) is 11.5 Å².